The van der Waals surface area contributed by atoms with Gasteiger partial charge in [0.25, 0.3) is 5.91 Å². The number of nitrogens with two attached hydrogens (primary N) is 1. The summed E-state index contributed by atoms with van der Waals surface area (Å²) in [5.41, 5.74) is 6.47. The van der Waals surface area contributed by atoms with Crippen LogP contribution in [0.25, 0.3) is 0 Å². The Bertz CT molecular complexity index is 1170. The molecule has 5 N–H and O–H groups in total. The number of rotatable bonds is 4. The van der Waals surface area contributed by atoms with Crippen molar-refractivity contribution in [1.82, 2.24) is 20.0 Å². The van der Waals surface area contributed by atoms with Crippen molar-refractivity contribution < 1.29 is 24.6 Å². The predicted molar refractivity (Wildman–Crippen MR) is 117 cm³/mol. The van der Waals surface area contributed by atoms with Crippen molar-refractivity contribution in [3.8, 4) is 5.75 Å². The monoisotopic (exact) mass is 474 g/mol. The first-order chi connectivity index (χ1) is 15.3. The Morgan fingerprint density at radius 1 is 1.28 bits per heavy atom. The summed E-state index contributed by atoms with van der Waals surface area (Å²) in [6.07, 6.45) is 0.350. The lowest BCUT2D eigenvalue weighted by Gasteiger charge is -2.50. The minimum Gasteiger partial charge on any atom is -0.508 e. The Labute approximate surface area is 190 Å². The fourth-order valence-electron chi connectivity index (χ4n) is 4.67. The Morgan fingerprint density at radius 2 is 2.00 bits per heavy atom. The molecule has 1 aromatic carbocycles. The number of phenolic OH excluding ortho intramolecular Hbond substituents is 1. The number of thiol groups is 1. The first-order valence-corrected chi connectivity index (χ1v) is 11.0. The van der Waals surface area contributed by atoms with Gasteiger partial charge in [0.05, 0.1) is 11.3 Å². The maximum Gasteiger partial charge on any atom is 0.352 e. The molecular formula is C19H18N6O5S2. The molecule has 0 radical (unpaired) electrons. The zero-order valence-corrected chi connectivity index (χ0v) is 18.1. The molecule has 1 aromatic heterocycles. The molecule has 166 valence electrons. The number of nitrogen functional groups attached to an aromatic ring is 1. The van der Waals surface area contributed by atoms with E-state index in [1.54, 1.807) is 12.1 Å². The molecule has 11 nitrogen and oxygen atoms in total. The topological polar surface area (TPSA) is 162 Å². The van der Waals surface area contributed by atoms with Crippen LogP contribution in [-0.4, -0.2) is 66.7 Å². The van der Waals surface area contributed by atoms with Crippen molar-refractivity contribution in [2.75, 3.05) is 17.6 Å². The zero-order valence-electron chi connectivity index (χ0n) is 16.4. The molecule has 0 aliphatic carbocycles. The van der Waals surface area contributed by atoms with Gasteiger partial charge >= 0.3 is 12.0 Å². The summed E-state index contributed by atoms with van der Waals surface area (Å²) in [7, 11) is 0. The Balaban J connectivity index is 1.42. The van der Waals surface area contributed by atoms with Gasteiger partial charge in [-0.1, -0.05) is 11.3 Å². The van der Waals surface area contributed by atoms with Crippen LogP contribution in [0.3, 0.4) is 0 Å². The molecule has 5 rings (SSSR count). The van der Waals surface area contributed by atoms with Crippen LogP contribution >= 0.6 is 24.0 Å². The van der Waals surface area contributed by atoms with Crippen LogP contribution in [0.2, 0.25) is 0 Å². The van der Waals surface area contributed by atoms with Gasteiger partial charge in [0, 0.05) is 18.2 Å². The van der Waals surface area contributed by atoms with Crippen LogP contribution in [0.1, 0.15) is 16.7 Å². The molecule has 2 fully saturated rings. The molecule has 2 aromatic rings. The van der Waals surface area contributed by atoms with E-state index in [9.17, 15) is 24.6 Å². The van der Waals surface area contributed by atoms with E-state index in [1.165, 1.54) is 21.9 Å². The molecule has 1 unspecified atom stereocenters. The van der Waals surface area contributed by atoms with E-state index in [1.807, 2.05) is 0 Å². The highest BCUT2D eigenvalue weighted by Crippen LogP contribution is 2.50. The molecule has 3 aliphatic rings. The van der Waals surface area contributed by atoms with Crippen molar-refractivity contribution >= 4 is 52.7 Å². The Kier molecular flexibility index (Phi) is 4.74. The maximum atomic E-state index is 13.0. The number of anilines is 2. The Morgan fingerprint density at radius 3 is 2.62 bits per heavy atom. The molecule has 0 spiro atoms. The third-order valence-corrected chi connectivity index (χ3v) is 7.54. The number of carboxylic acid groups (broad SMARTS) is 1. The lowest BCUT2D eigenvalue weighted by atomic mass is 9.78. The number of aromatic hydroxyl groups is 1. The van der Waals surface area contributed by atoms with Crippen LogP contribution in [0.4, 0.5) is 15.6 Å². The van der Waals surface area contributed by atoms with E-state index >= 15 is 0 Å². The van der Waals surface area contributed by atoms with Crippen molar-refractivity contribution in [2.24, 2.45) is 5.92 Å². The van der Waals surface area contributed by atoms with E-state index in [4.69, 9.17) is 5.73 Å². The van der Waals surface area contributed by atoms with Gasteiger partial charge in [-0.25, -0.2) is 9.59 Å². The average Bonchev–Trinajstić information content (AvgIpc) is 3.35. The predicted octanol–water partition coefficient (Wildman–Crippen LogP) is 1.28. The van der Waals surface area contributed by atoms with Crippen molar-refractivity contribution in [3.63, 3.8) is 0 Å². The highest BCUT2D eigenvalue weighted by molar-refractivity contribution is 7.81. The van der Waals surface area contributed by atoms with Gasteiger partial charge in [0.2, 0.25) is 5.13 Å². The summed E-state index contributed by atoms with van der Waals surface area (Å²) >= 11 is 5.67. The normalized spacial score (nSPS) is 24.8. The number of likely N-dealkylation sites (tertiary alicyclic amines) is 1. The standard InChI is InChI=1S/C19H18N6O5S2/c20-18-23-22-15(32-18)14(31)10-5-7-6-24(19(30)21-8-1-3-9(26)4-2-8)13-11(7)25(16(13)27)12(10)17(28)29/h1-4,7,11,13-14,26,31H,5-6H2,(H2,20,23)(H,21,30)(H,28,29)/t7-,11-,13+,14?/m1/s1. The molecule has 3 aliphatic heterocycles. The first kappa shape index (κ1) is 20.6. The molecule has 0 bridgehead atoms. The zero-order chi connectivity index (χ0) is 22.7. The van der Waals surface area contributed by atoms with E-state index in [0.29, 0.717) is 22.7 Å². The summed E-state index contributed by atoms with van der Waals surface area (Å²) in [4.78, 5) is 40.7. The van der Waals surface area contributed by atoms with E-state index in [-0.39, 0.29) is 29.0 Å². The summed E-state index contributed by atoms with van der Waals surface area (Å²) in [6, 6.07) is 4.41. The fourth-order valence-corrected chi connectivity index (χ4v) is 5.74. The number of amides is 3. The van der Waals surface area contributed by atoms with E-state index in [0.717, 1.165) is 11.3 Å². The lowest BCUT2D eigenvalue weighted by molar-refractivity contribution is -0.155. The summed E-state index contributed by atoms with van der Waals surface area (Å²) in [5, 5.41) is 29.7. The van der Waals surface area contributed by atoms with Gasteiger partial charge in [-0.3, -0.25) is 9.69 Å². The lowest BCUT2D eigenvalue weighted by Crippen LogP contribution is -2.69. The average molecular weight is 475 g/mol. The second-order valence-electron chi connectivity index (χ2n) is 7.80. The van der Waals surface area contributed by atoms with Crippen molar-refractivity contribution in [2.45, 2.75) is 23.8 Å². The highest BCUT2D eigenvalue weighted by Gasteiger charge is 2.64. The molecule has 4 heterocycles. The number of aliphatic carboxylic acids is 1. The van der Waals surface area contributed by atoms with Crippen LogP contribution in [0.5, 0.6) is 5.75 Å². The second-order valence-corrected chi connectivity index (χ2v) is 9.35. The number of carbonyl (C=O) groups is 3. The first-order valence-electron chi connectivity index (χ1n) is 9.69. The van der Waals surface area contributed by atoms with Crippen LogP contribution in [-0.2, 0) is 9.59 Å². The third kappa shape index (κ3) is 3.07. The maximum absolute atomic E-state index is 13.0. The third-order valence-electron chi connectivity index (χ3n) is 5.99. The largest absolute Gasteiger partial charge is 0.508 e. The number of hydrogen-bond acceptors (Lipinski definition) is 9. The van der Waals surface area contributed by atoms with E-state index in [2.05, 4.69) is 28.1 Å². The SMILES string of the molecule is Nc1nnc(C(S)C2=C(C(=O)O)N3C(=O)[C@@H]4[C@H]3[C@H](C2)CN4C(=O)Nc2ccc(O)cc2)s1. The molecule has 32 heavy (non-hydrogen) atoms. The quantitative estimate of drug-likeness (QED) is 0.251. The number of carboxylic acids is 1. The van der Waals surface area contributed by atoms with Gasteiger partial charge < -0.3 is 26.2 Å². The Hall–Kier alpha value is -3.32. The number of nitrogens with zero attached hydrogens (tertiary/aromatic N) is 4. The number of carbonyl (C=O) groups excluding carboxylic acids is 2. The highest BCUT2D eigenvalue weighted by atomic mass is 32.1. The number of β-lactam (4-membered cyclic amide) rings is 1. The van der Waals surface area contributed by atoms with Gasteiger partial charge in [-0.15, -0.1) is 10.2 Å². The van der Waals surface area contributed by atoms with Gasteiger partial charge in [0.15, 0.2) is 0 Å². The minimum absolute atomic E-state index is 0.0679. The van der Waals surface area contributed by atoms with Gasteiger partial charge in [-0.2, -0.15) is 12.6 Å². The molecule has 4 atom stereocenters. The summed E-state index contributed by atoms with van der Waals surface area (Å²) in [5.74, 6) is -1.74. The molecular weight excluding hydrogens is 456 g/mol. The van der Waals surface area contributed by atoms with Gasteiger partial charge in [0.1, 0.15) is 22.5 Å². The van der Waals surface area contributed by atoms with E-state index < -0.39 is 35.2 Å². The molecule has 3 amide bonds. The van der Waals surface area contributed by atoms with Crippen molar-refractivity contribution in [3.05, 3.63) is 40.5 Å². The minimum atomic E-state index is -1.23. The number of hydrogen-bond donors (Lipinski definition) is 5. The number of phenols is 1. The number of aromatic nitrogens is 2. The van der Waals surface area contributed by atoms with Crippen LogP contribution < -0.4 is 11.1 Å². The number of urea groups is 1. The molecule has 13 heteroatoms. The molecule has 0 saturated carbocycles. The van der Waals surface area contributed by atoms with Gasteiger partial charge in [-0.05, 0) is 36.3 Å². The van der Waals surface area contributed by atoms with Crippen LogP contribution in [0, 0.1) is 5.92 Å². The van der Waals surface area contributed by atoms with Crippen molar-refractivity contribution in [1.29, 1.82) is 0 Å². The fraction of sp³-hybridized carbons (Fsp3) is 0.316. The summed E-state index contributed by atoms with van der Waals surface area (Å²) in [6.45, 7) is 0.288. The van der Waals surface area contributed by atoms with Crippen LogP contribution in [0.15, 0.2) is 35.5 Å². The number of benzene rings is 1. The summed E-state index contributed by atoms with van der Waals surface area (Å²) < 4.78 is 0. The number of nitrogens with one attached hydrogen (secondary N) is 1. The smallest absolute Gasteiger partial charge is 0.352 e. The second kappa shape index (κ2) is 7.38. The molecule has 2 saturated heterocycles.